The Morgan fingerprint density at radius 3 is 2.93 bits per heavy atom. The number of oxime groups is 1. The van der Waals surface area contributed by atoms with Crippen LogP contribution in [0.3, 0.4) is 0 Å². The highest BCUT2D eigenvalue weighted by Crippen LogP contribution is 2.28. The maximum absolute atomic E-state index is 13.1. The lowest BCUT2D eigenvalue weighted by Crippen LogP contribution is -2.44. The summed E-state index contributed by atoms with van der Waals surface area (Å²) in [4.78, 5) is 32.5. The molecule has 0 fully saturated rings. The van der Waals surface area contributed by atoms with Crippen molar-refractivity contribution in [3.8, 4) is 12.3 Å². The SMILES string of the molecule is C#Cc1cccc(N(CC(=O)NC)C(=O)C2CC(c3ccc(Cl)s3)=NO2)c1. The second-order valence-electron chi connectivity index (χ2n) is 5.73. The molecule has 1 N–H and O–H groups in total. The van der Waals surface area contributed by atoms with Crippen LogP contribution in [-0.2, 0) is 14.4 Å². The molecule has 1 unspecified atom stereocenters. The predicted octanol–water partition coefficient (Wildman–Crippen LogP) is 2.66. The maximum atomic E-state index is 13.1. The fraction of sp³-hybridized carbons (Fsp3) is 0.211. The van der Waals surface area contributed by atoms with Crippen LogP contribution in [0.25, 0.3) is 0 Å². The number of likely N-dealkylation sites (N-methyl/N-ethyl adjacent to an activating group) is 1. The fourth-order valence-corrected chi connectivity index (χ4v) is 3.61. The number of rotatable bonds is 5. The number of nitrogens with zero attached hydrogens (tertiary/aromatic N) is 2. The first-order valence-electron chi connectivity index (χ1n) is 8.09. The Bertz CT molecular complexity index is 948. The van der Waals surface area contributed by atoms with Crippen molar-refractivity contribution in [3.63, 3.8) is 0 Å². The molecule has 2 aromatic rings. The van der Waals surface area contributed by atoms with Crippen molar-refractivity contribution < 1.29 is 14.4 Å². The van der Waals surface area contributed by atoms with E-state index in [2.05, 4.69) is 16.4 Å². The molecule has 2 amide bonds. The van der Waals surface area contributed by atoms with Crippen LogP contribution in [0.5, 0.6) is 0 Å². The van der Waals surface area contributed by atoms with Crippen LogP contribution in [0.15, 0.2) is 41.6 Å². The molecule has 0 spiro atoms. The van der Waals surface area contributed by atoms with E-state index in [-0.39, 0.29) is 18.4 Å². The quantitative estimate of drug-likeness (QED) is 0.783. The van der Waals surface area contributed by atoms with Crippen LogP contribution in [-0.4, -0.2) is 37.2 Å². The highest BCUT2D eigenvalue weighted by molar-refractivity contribution is 7.18. The molecule has 0 radical (unpaired) electrons. The number of carbonyl (C=O) groups excluding carboxylic acids is 2. The van der Waals surface area contributed by atoms with Crippen LogP contribution in [0.1, 0.15) is 16.9 Å². The van der Waals surface area contributed by atoms with E-state index in [0.717, 1.165) is 4.88 Å². The summed E-state index contributed by atoms with van der Waals surface area (Å²) >= 11 is 7.32. The van der Waals surface area contributed by atoms with Crippen molar-refractivity contribution in [2.75, 3.05) is 18.5 Å². The number of carbonyl (C=O) groups is 2. The zero-order chi connectivity index (χ0) is 19.4. The first-order valence-corrected chi connectivity index (χ1v) is 9.28. The highest BCUT2D eigenvalue weighted by atomic mass is 35.5. The van der Waals surface area contributed by atoms with Crippen LogP contribution >= 0.6 is 22.9 Å². The van der Waals surface area contributed by atoms with Gasteiger partial charge in [-0.3, -0.25) is 14.5 Å². The van der Waals surface area contributed by atoms with E-state index >= 15 is 0 Å². The molecule has 1 aromatic carbocycles. The van der Waals surface area contributed by atoms with Gasteiger partial charge in [-0.25, -0.2) is 0 Å². The van der Waals surface area contributed by atoms with E-state index in [0.29, 0.717) is 27.7 Å². The van der Waals surface area contributed by atoms with Crippen molar-refractivity contribution in [1.29, 1.82) is 0 Å². The summed E-state index contributed by atoms with van der Waals surface area (Å²) in [5, 5.41) is 6.54. The summed E-state index contributed by atoms with van der Waals surface area (Å²) in [6.07, 6.45) is 4.92. The van der Waals surface area contributed by atoms with Gasteiger partial charge in [-0.1, -0.05) is 28.7 Å². The number of nitrogens with one attached hydrogen (secondary N) is 1. The van der Waals surface area contributed by atoms with Gasteiger partial charge in [0.25, 0.3) is 5.91 Å². The molecule has 0 saturated carbocycles. The molecule has 8 heteroatoms. The zero-order valence-electron chi connectivity index (χ0n) is 14.4. The minimum Gasteiger partial charge on any atom is -0.382 e. The Morgan fingerprint density at radius 2 is 2.26 bits per heavy atom. The molecule has 1 aliphatic heterocycles. The number of hydrogen-bond donors (Lipinski definition) is 1. The third-order valence-corrected chi connectivity index (χ3v) is 5.25. The van der Waals surface area contributed by atoms with Gasteiger partial charge in [0.15, 0.2) is 0 Å². The number of amides is 2. The van der Waals surface area contributed by atoms with Crippen LogP contribution in [0, 0.1) is 12.3 Å². The number of benzene rings is 1. The standard InChI is InChI=1S/C19H16ClN3O3S/c1-3-12-5-4-6-13(9-12)23(11-18(24)21-2)19(25)15-10-14(22-26-15)16-7-8-17(20)27-16/h1,4-9,15H,10-11H2,2H3,(H,21,24). The van der Waals surface area contributed by atoms with E-state index in [1.54, 1.807) is 30.3 Å². The molecule has 0 saturated heterocycles. The van der Waals surface area contributed by atoms with Gasteiger partial charge in [-0.05, 0) is 30.3 Å². The van der Waals surface area contributed by atoms with Crippen LogP contribution in [0.2, 0.25) is 4.34 Å². The van der Waals surface area contributed by atoms with Gasteiger partial charge in [0.2, 0.25) is 12.0 Å². The molecule has 0 aliphatic carbocycles. The molecular weight excluding hydrogens is 386 g/mol. The lowest BCUT2D eigenvalue weighted by molar-refractivity contribution is -0.130. The van der Waals surface area contributed by atoms with Gasteiger partial charge in [-0.2, -0.15) is 0 Å². The van der Waals surface area contributed by atoms with Crippen LogP contribution < -0.4 is 10.2 Å². The average molecular weight is 402 g/mol. The minimum atomic E-state index is -0.819. The van der Waals surface area contributed by atoms with E-state index in [4.69, 9.17) is 22.9 Å². The summed E-state index contributed by atoms with van der Waals surface area (Å²) in [6, 6.07) is 10.5. The first kappa shape index (κ1) is 19.0. The molecule has 3 rings (SSSR count). The van der Waals surface area contributed by atoms with E-state index < -0.39 is 6.10 Å². The number of terminal acetylenes is 1. The molecule has 1 aliphatic rings. The summed E-state index contributed by atoms with van der Waals surface area (Å²) in [5.41, 5.74) is 1.79. The number of thiophene rings is 1. The summed E-state index contributed by atoms with van der Waals surface area (Å²) < 4.78 is 0.634. The molecule has 0 bridgehead atoms. The molecular formula is C19H16ClN3O3S. The second kappa shape index (κ2) is 8.25. The second-order valence-corrected chi connectivity index (χ2v) is 7.45. The first-order chi connectivity index (χ1) is 13.0. The Balaban J connectivity index is 1.81. The van der Waals surface area contributed by atoms with Gasteiger partial charge >= 0.3 is 0 Å². The minimum absolute atomic E-state index is 0.149. The number of hydrogen-bond acceptors (Lipinski definition) is 5. The Morgan fingerprint density at radius 1 is 1.44 bits per heavy atom. The van der Waals surface area contributed by atoms with E-state index in [9.17, 15) is 9.59 Å². The molecule has 1 aromatic heterocycles. The van der Waals surface area contributed by atoms with Gasteiger partial charge in [0.1, 0.15) is 12.3 Å². The number of anilines is 1. The van der Waals surface area contributed by atoms with Crippen molar-refractivity contribution in [3.05, 3.63) is 51.2 Å². The van der Waals surface area contributed by atoms with Gasteiger partial charge < -0.3 is 10.2 Å². The Kier molecular flexibility index (Phi) is 5.79. The van der Waals surface area contributed by atoms with Gasteiger partial charge in [0, 0.05) is 24.7 Å². The number of halogens is 1. The molecule has 6 nitrogen and oxygen atoms in total. The lowest BCUT2D eigenvalue weighted by Gasteiger charge is -2.24. The monoisotopic (exact) mass is 401 g/mol. The fourth-order valence-electron chi connectivity index (χ4n) is 2.58. The third kappa shape index (κ3) is 4.30. The van der Waals surface area contributed by atoms with E-state index in [1.807, 2.05) is 6.07 Å². The summed E-state index contributed by atoms with van der Waals surface area (Å²) in [7, 11) is 1.51. The maximum Gasteiger partial charge on any atom is 0.271 e. The predicted molar refractivity (Wildman–Crippen MR) is 106 cm³/mol. The topological polar surface area (TPSA) is 71.0 Å². The van der Waals surface area contributed by atoms with Gasteiger partial charge in [0.05, 0.1) is 9.21 Å². The molecule has 1 atom stereocenters. The molecule has 138 valence electrons. The average Bonchev–Trinajstić information content (AvgIpc) is 3.34. The normalized spacial score (nSPS) is 15.4. The Labute approximate surface area is 165 Å². The van der Waals surface area contributed by atoms with Crippen molar-refractivity contribution >= 4 is 46.2 Å². The highest BCUT2D eigenvalue weighted by Gasteiger charge is 2.34. The van der Waals surface area contributed by atoms with Crippen molar-refractivity contribution in [2.45, 2.75) is 12.5 Å². The van der Waals surface area contributed by atoms with Crippen molar-refractivity contribution in [2.24, 2.45) is 5.16 Å². The summed E-state index contributed by atoms with van der Waals surface area (Å²) in [5.74, 6) is 1.85. The summed E-state index contributed by atoms with van der Waals surface area (Å²) in [6.45, 7) is -0.149. The largest absolute Gasteiger partial charge is 0.382 e. The van der Waals surface area contributed by atoms with Crippen LogP contribution in [0.4, 0.5) is 5.69 Å². The smallest absolute Gasteiger partial charge is 0.271 e. The Hall–Kier alpha value is -2.82. The molecule has 2 heterocycles. The zero-order valence-corrected chi connectivity index (χ0v) is 16.0. The van der Waals surface area contributed by atoms with Gasteiger partial charge in [-0.15, -0.1) is 17.8 Å². The van der Waals surface area contributed by atoms with E-state index in [1.165, 1.54) is 23.3 Å². The third-order valence-electron chi connectivity index (χ3n) is 3.97. The van der Waals surface area contributed by atoms with Crippen molar-refractivity contribution in [1.82, 2.24) is 5.32 Å². The molecule has 27 heavy (non-hydrogen) atoms. The lowest BCUT2D eigenvalue weighted by atomic mass is 10.1.